The Bertz CT molecular complexity index is 825. The van der Waals surface area contributed by atoms with E-state index in [9.17, 15) is 8.42 Å². The number of fused-ring (bicyclic) bond motifs is 1. The van der Waals surface area contributed by atoms with Gasteiger partial charge in [-0.3, -0.25) is 0 Å². The van der Waals surface area contributed by atoms with Crippen molar-refractivity contribution in [1.82, 2.24) is 0 Å². The molecule has 0 fully saturated rings. The van der Waals surface area contributed by atoms with Crippen molar-refractivity contribution in [2.75, 3.05) is 10.6 Å². The molecule has 0 saturated heterocycles. The van der Waals surface area contributed by atoms with E-state index in [-0.39, 0.29) is 0 Å². The molecule has 5 heteroatoms. The molecule has 1 unspecified atom stereocenters. The van der Waals surface area contributed by atoms with Crippen LogP contribution in [0.4, 0.5) is 5.69 Å². The largest absolute Gasteiger partial charge is 0.463 e. The lowest BCUT2D eigenvalue weighted by atomic mass is 10.0. The van der Waals surface area contributed by atoms with Crippen LogP contribution in [0, 0.1) is 6.92 Å². The molecule has 0 radical (unpaired) electrons. The number of para-hydroxylation sites is 2. The third-order valence-electron chi connectivity index (χ3n) is 3.63. The molecule has 2 aromatic rings. The van der Waals surface area contributed by atoms with Crippen LogP contribution in [0.25, 0.3) is 5.57 Å². The summed E-state index contributed by atoms with van der Waals surface area (Å²) in [6.07, 6.45) is 0.420. The van der Waals surface area contributed by atoms with Gasteiger partial charge in [0.15, 0.2) is 0 Å². The van der Waals surface area contributed by atoms with Crippen molar-refractivity contribution in [1.29, 1.82) is 0 Å². The minimum absolute atomic E-state index is 0.545. The van der Waals surface area contributed by atoms with Crippen LogP contribution in [0.5, 0.6) is 5.75 Å². The molecule has 0 aliphatic carbocycles. The summed E-state index contributed by atoms with van der Waals surface area (Å²) >= 11 is 0. The molecule has 0 bridgehead atoms. The lowest BCUT2D eigenvalue weighted by molar-refractivity contribution is 0.298. The van der Waals surface area contributed by atoms with E-state index in [0.29, 0.717) is 17.0 Å². The fourth-order valence-corrected chi connectivity index (χ4v) is 3.54. The molecule has 1 atom stereocenters. The summed E-state index contributed by atoms with van der Waals surface area (Å²) in [5.74, 6) is 0.547. The SMILES string of the molecule is C=C(c1ccc(C)cc1)C1Oc2ccccc2N1S(C)(=O)=O. The fourth-order valence-electron chi connectivity index (χ4n) is 2.51. The first-order valence-electron chi connectivity index (χ1n) is 6.89. The molecule has 4 nitrogen and oxygen atoms in total. The van der Waals surface area contributed by atoms with Crippen molar-refractivity contribution in [2.45, 2.75) is 13.2 Å². The Morgan fingerprint density at radius 2 is 1.77 bits per heavy atom. The Labute approximate surface area is 130 Å². The molecule has 1 aliphatic heterocycles. The van der Waals surface area contributed by atoms with Gasteiger partial charge in [0.05, 0.1) is 11.9 Å². The molecule has 1 aliphatic rings. The zero-order chi connectivity index (χ0) is 15.9. The fraction of sp³-hybridized carbons (Fsp3) is 0.176. The minimum atomic E-state index is -3.48. The quantitative estimate of drug-likeness (QED) is 0.874. The molecule has 22 heavy (non-hydrogen) atoms. The lowest BCUT2D eigenvalue weighted by Gasteiger charge is -2.24. The first-order valence-corrected chi connectivity index (χ1v) is 8.74. The molecule has 2 aromatic carbocycles. The Morgan fingerprint density at radius 1 is 1.14 bits per heavy atom. The van der Waals surface area contributed by atoms with Gasteiger partial charge in [-0.15, -0.1) is 0 Å². The van der Waals surface area contributed by atoms with Crippen molar-refractivity contribution in [3.63, 3.8) is 0 Å². The van der Waals surface area contributed by atoms with Gasteiger partial charge in [0.1, 0.15) is 5.75 Å². The Hall–Kier alpha value is -2.27. The number of hydrogen-bond donors (Lipinski definition) is 0. The summed E-state index contributed by atoms with van der Waals surface area (Å²) in [6.45, 7) is 6.05. The number of benzene rings is 2. The van der Waals surface area contributed by atoms with Crippen LogP contribution in [0.15, 0.2) is 55.1 Å². The number of rotatable bonds is 3. The highest BCUT2D eigenvalue weighted by Crippen LogP contribution is 2.42. The topological polar surface area (TPSA) is 46.6 Å². The van der Waals surface area contributed by atoms with Crippen molar-refractivity contribution >= 4 is 21.3 Å². The predicted molar refractivity (Wildman–Crippen MR) is 88.4 cm³/mol. The summed E-state index contributed by atoms with van der Waals surface area (Å²) in [7, 11) is -3.48. The number of nitrogens with zero attached hydrogens (tertiary/aromatic N) is 1. The van der Waals surface area contributed by atoms with E-state index in [1.54, 1.807) is 18.2 Å². The van der Waals surface area contributed by atoms with Gasteiger partial charge in [0.2, 0.25) is 16.3 Å². The second-order valence-corrected chi connectivity index (χ2v) is 7.25. The molecular weight excluding hydrogens is 298 g/mol. The maximum Gasteiger partial charge on any atom is 0.235 e. The highest BCUT2D eigenvalue weighted by atomic mass is 32.2. The molecule has 0 aromatic heterocycles. The standard InChI is InChI=1S/C17H17NO3S/c1-12-8-10-14(11-9-12)13(2)17-18(22(3,19)20)15-6-4-5-7-16(15)21-17/h4-11,17H,2H2,1,3H3. The molecule has 0 amide bonds. The third-order valence-corrected chi connectivity index (χ3v) is 4.73. The summed E-state index contributed by atoms with van der Waals surface area (Å²) in [5, 5.41) is 0. The number of ether oxygens (including phenoxy) is 1. The van der Waals surface area contributed by atoms with Crippen molar-refractivity contribution in [2.24, 2.45) is 0 Å². The predicted octanol–water partition coefficient (Wildman–Crippen LogP) is 3.19. The molecular formula is C17H17NO3S. The minimum Gasteiger partial charge on any atom is -0.463 e. The summed E-state index contributed by atoms with van der Waals surface area (Å²) < 4.78 is 31.5. The summed E-state index contributed by atoms with van der Waals surface area (Å²) in [5.41, 5.74) is 3.15. The first-order chi connectivity index (χ1) is 10.4. The molecule has 114 valence electrons. The maximum atomic E-state index is 12.2. The van der Waals surface area contributed by atoms with Crippen molar-refractivity contribution < 1.29 is 13.2 Å². The number of aryl methyl sites for hydroxylation is 1. The number of sulfonamides is 1. The van der Waals surface area contributed by atoms with Crippen LogP contribution in [-0.2, 0) is 10.0 Å². The maximum absolute atomic E-state index is 12.2. The first kappa shape index (κ1) is 14.7. The van der Waals surface area contributed by atoms with Gasteiger partial charge in [0, 0.05) is 5.57 Å². The molecule has 0 saturated carbocycles. The van der Waals surface area contributed by atoms with Gasteiger partial charge in [-0.2, -0.15) is 0 Å². The number of hydrogen-bond acceptors (Lipinski definition) is 3. The monoisotopic (exact) mass is 315 g/mol. The van der Waals surface area contributed by atoms with Crippen LogP contribution >= 0.6 is 0 Å². The van der Waals surface area contributed by atoms with E-state index in [4.69, 9.17) is 4.74 Å². The second kappa shape index (κ2) is 5.18. The van der Waals surface area contributed by atoms with Crippen molar-refractivity contribution in [3.05, 3.63) is 66.2 Å². The Balaban J connectivity index is 2.04. The molecule has 1 heterocycles. The smallest absolute Gasteiger partial charge is 0.235 e. The van der Waals surface area contributed by atoms with Crippen LogP contribution in [-0.4, -0.2) is 20.9 Å². The van der Waals surface area contributed by atoms with Gasteiger partial charge in [-0.1, -0.05) is 48.5 Å². The van der Waals surface area contributed by atoms with Gasteiger partial charge in [0.25, 0.3) is 0 Å². The van der Waals surface area contributed by atoms with Gasteiger partial charge >= 0.3 is 0 Å². The summed E-state index contributed by atoms with van der Waals surface area (Å²) in [4.78, 5) is 0. The Morgan fingerprint density at radius 3 is 2.41 bits per heavy atom. The zero-order valence-corrected chi connectivity index (χ0v) is 13.3. The Kier molecular flexibility index (Phi) is 3.45. The average Bonchev–Trinajstić information content (AvgIpc) is 2.86. The lowest BCUT2D eigenvalue weighted by Crippen LogP contribution is -2.39. The van der Waals surface area contributed by atoms with Crippen LogP contribution in [0.3, 0.4) is 0 Å². The van der Waals surface area contributed by atoms with Crippen molar-refractivity contribution in [3.8, 4) is 5.75 Å². The zero-order valence-electron chi connectivity index (χ0n) is 12.5. The van der Waals surface area contributed by atoms with E-state index < -0.39 is 16.3 Å². The van der Waals surface area contributed by atoms with Crippen LogP contribution in [0.1, 0.15) is 11.1 Å². The van der Waals surface area contributed by atoms with Gasteiger partial charge < -0.3 is 4.74 Å². The van der Waals surface area contributed by atoms with E-state index in [1.165, 1.54) is 10.6 Å². The molecule has 0 N–H and O–H groups in total. The van der Waals surface area contributed by atoms with E-state index in [1.807, 2.05) is 37.3 Å². The van der Waals surface area contributed by atoms with Crippen LogP contribution in [0.2, 0.25) is 0 Å². The highest BCUT2D eigenvalue weighted by molar-refractivity contribution is 7.92. The second-order valence-electron chi connectivity index (χ2n) is 5.39. The van der Waals surface area contributed by atoms with E-state index in [0.717, 1.165) is 11.1 Å². The normalized spacial score (nSPS) is 17.0. The van der Waals surface area contributed by atoms with E-state index >= 15 is 0 Å². The molecule has 3 rings (SSSR count). The number of anilines is 1. The summed E-state index contributed by atoms with van der Waals surface area (Å²) in [6, 6.07) is 14.9. The third kappa shape index (κ3) is 2.48. The highest BCUT2D eigenvalue weighted by Gasteiger charge is 2.38. The van der Waals surface area contributed by atoms with Gasteiger partial charge in [-0.25, -0.2) is 12.7 Å². The molecule has 0 spiro atoms. The average molecular weight is 315 g/mol. The van der Waals surface area contributed by atoms with Gasteiger partial charge in [-0.05, 0) is 24.6 Å². The van der Waals surface area contributed by atoms with E-state index in [2.05, 4.69) is 6.58 Å². The van der Waals surface area contributed by atoms with Crippen LogP contribution < -0.4 is 9.04 Å².